The lowest BCUT2D eigenvalue weighted by molar-refractivity contribution is -0.141. The molecule has 0 unspecified atom stereocenters. The van der Waals surface area contributed by atoms with Crippen LogP contribution in [-0.2, 0) is 11.2 Å². The van der Waals surface area contributed by atoms with Gasteiger partial charge in [-0.05, 0) is 0 Å². The Morgan fingerprint density at radius 3 is 3.09 bits per heavy atom. The Balaban J connectivity index is 2.50. The van der Waals surface area contributed by atoms with Crippen LogP contribution in [0.4, 0.5) is 0 Å². The van der Waals surface area contributed by atoms with E-state index in [1.165, 1.54) is 11.3 Å². The minimum Gasteiger partial charge on any atom is -0.481 e. The SMILES string of the molecule is C[C@@H](Cc1nccs1)C(=O)O. The van der Waals surface area contributed by atoms with Crippen LogP contribution in [0.15, 0.2) is 11.6 Å². The number of carbonyl (C=O) groups is 1. The molecule has 3 nitrogen and oxygen atoms in total. The molecule has 1 atom stereocenters. The summed E-state index contributed by atoms with van der Waals surface area (Å²) >= 11 is 1.49. The molecule has 0 aliphatic heterocycles. The van der Waals surface area contributed by atoms with Crippen LogP contribution < -0.4 is 0 Å². The summed E-state index contributed by atoms with van der Waals surface area (Å²) in [6.45, 7) is 1.68. The van der Waals surface area contributed by atoms with Crippen LogP contribution >= 0.6 is 11.3 Å². The molecule has 1 N–H and O–H groups in total. The summed E-state index contributed by atoms with van der Waals surface area (Å²) in [5.41, 5.74) is 0. The first kappa shape index (κ1) is 8.20. The molecule has 1 rings (SSSR count). The van der Waals surface area contributed by atoms with E-state index in [0.717, 1.165) is 5.01 Å². The second-order valence-corrected chi connectivity index (χ2v) is 3.35. The third-order valence-corrected chi connectivity index (χ3v) is 2.19. The van der Waals surface area contributed by atoms with Gasteiger partial charge in [0, 0.05) is 18.0 Å². The van der Waals surface area contributed by atoms with Crippen LogP contribution in [0.2, 0.25) is 0 Å². The van der Waals surface area contributed by atoms with E-state index < -0.39 is 5.97 Å². The van der Waals surface area contributed by atoms with Gasteiger partial charge in [0.15, 0.2) is 0 Å². The first-order valence-electron chi connectivity index (χ1n) is 3.31. The first-order chi connectivity index (χ1) is 5.20. The minimum atomic E-state index is -0.764. The minimum absolute atomic E-state index is 0.332. The van der Waals surface area contributed by atoms with E-state index in [0.29, 0.717) is 6.42 Å². The highest BCUT2D eigenvalue weighted by Gasteiger charge is 2.12. The van der Waals surface area contributed by atoms with Crippen molar-refractivity contribution in [3.63, 3.8) is 0 Å². The summed E-state index contributed by atoms with van der Waals surface area (Å²) in [6.07, 6.45) is 2.22. The quantitative estimate of drug-likeness (QED) is 0.748. The number of aliphatic carboxylic acids is 1. The van der Waals surface area contributed by atoms with Crippen LogP contribution in [0.25, 0.3) is 0 Å². The summed E-state index contributed by atoms with van der Waals surface area (Å²) in [5, 5.41) is 11.3. The molecule has 1 heterocycles. The molecule has 0 aliphatic rings. The van der Waals surface area contributed by atoms with Gasteiger partial charge in [-0.2, -0.15) is 0 Å². The zero-order valence-electron chi connectivity index (χ0n) is 6.15. The predicted molar refractivity (Wildman–Crippen MR) is 42.6 cm³/mol. The molecule has 0 saturated heterocycles. The van der Waals surface area contributed by atoms with E-state index in [9.17, 15) is 4.79 Å². The monoisotopic (exact) mass is 171 g/mol. The van der Waals surface area contributed by atoms with Gasteiger partial charge in [0.25, 0.3) is 0 Å². The highest BCUT2D eigenvalue weighted by atomic mass is 32.1. The van der Waals surface area contributed by atoms with Crippen molar-refractivity contribution in [2.24, 2.45) is 5.92 Å². The topological polar surface area (TPSA) is 50.2 Å². The summed E-state index contributed by atoms with van der Waals surface area (Å²) in [7, 11) is 0. The second-order valence-electron chi connectivity index (χ2n) is 2.37. The third kappa shape index (κ3) is 2.31. The fraction of sp³-hybridized carbons (Fsp3) is 0.429. The second kappa shape index (κ2) is 3.48. The Kier molecular flexibility index (Phi) is 2.59. The summed E-state index contributed by atoms with van der Waals surface area (Å²) < 4.78 is 0. The summed E-state index contributed by atoms with van der Waals surface area (Å²) in [4.78, 5) is 14.4. The van der Waals surface area contributed by atoms with Gasteiger partial charge >= 0.3 is 5.97 Å². The average Bonchev–Trinajstić information content (AvgIpc) is 2.39. The zero-order chi connectivity index (χ0) is 8.27. The molecule has 0 aliphatic carbocycles. The molecular formula is C7H9NO2S. The maximum absolute atomic E-state index is 10.4. The van der Waals surface area contributed by atoms with Crippen molar-refractivity contribution in [2.75, 3.05) is 0 Å². The van der Waals surface area contributed by atoms with Gasteiger partial charge < -0.3 is 5.11 Å². The van der Waals surface area contributed by atoms with Gasteiger partial charge in [0.1, 0.15) is 0 Å². The molecule has 1 aromatic heterocycles. The van der Waals surface area contributed by atoms with Crippen molar-refractivity contribution in [1.82, 2.24) is 4.98 Å². The maximum Gasteiger partial charge on any atom is 0.306 e. The molecule has 11 heavy (non-hydrogen) atoms. The average molecular weight is 171 g/mol. The number of carboxylic acids is 1. The molecule has 0 aromatic carbocycles. The Morgan fingerprint density at radius 2 is 2.64 bits per heavy atom. The Bertz CT molecular complexity index is 233. The van der Waals surface area contributed by atoms with Crippen LogP contribution in [0.5, 0.6) is 0 Å². The number of nitrogens with zero attached hydrogens (tertiary/aromatic N) is 1. The van der Waals surface area contributed by atoms with Crippen LogP contribution in [0, 0.1) is 5.92 Å². The van der Waals surface area contributed by atoms with Crippen molar-refractivity contribution in [3.05, 3.63) is 16.6 Å². The highest BCUT2D eigenvalue weighted by molar-refractivity contribution is 7.09. The van der Waals surface area contributed by atoms with Gasteiger partial charge in [-0.15, -0.1) is 11.3 Å². The molecule has 0 bridgehead atoms. The van der Waals surface area contributed by atoms with E-state index in [-0.39, 0.29) is 5.92 Å². The van der Waals surface area contributed by atoms with Gasteiger partial charge in [-0.3, -0.25) is 4.79 Å². The van der Waals surface area contributed by atoms with Crippen molar-refractivity contribution in [1.29, 1.82) is 0 Å². The lowest BCUT2D eigenvalue weighted by Gasteiger charge is -2.00. The third-order valence-electron chi connectivity index (χ3n) is 1.39. The molecular weight excluding hydrogens is 162 g/mol. The smallest absolute Gasteiger partial charge is 0.306 e. The van der Waals surface area contributed by atoms with Crippen LogP contribution in [0.1, 0.15) is 11.9 Å². The Hall–Kier alpha value is -0.900. The summed E-state index contributed by atoms with van der Waals surface area (Å²) in [5.74, 6) is -1.10. The molecule has 0 amide bonds. The molecule has 1 aromatic rings. The number of rotatable bonds is 3. The summed E-state index contributed by atoms with van der Waals surface area (Å²) in [6, 6.07) is 0. The molecule has 0 fully saturated rings. The van der Waals surface area contributed by atoms with E-state index in [4.69, 9.17) is 5.11 Å². The van der Waals surface area contributed by atoms with Crippen LogP contribution in [0.3, 0.4) is 0 Å². The zero-order valence-corrected chi connectivity index (χ0v) is 6.97. The van der Waals surface area contributed by atoms with E-state index in [1.807, 2.05) is 5.38 Å². The first-order valence-corrected chi connectivity index (χ1v) is 4.19. The predicted octanol–water partition coefficient (Wildman–Crippen LogP) is 1.41. The van der Waals surface area contributed by atoms with Crippen molar-refractivity contribution in [2.45, 2.75) is 13.3 Å². The Morgan fingerprint density at radius 1 is 1.91 bits per heavy atom. The molecule has 0 spiro atoms. The van der Waals surface area contributed by atoms with Gasteiger partial charge in [0.2, 0.25) is 0 Å². The van der Waals surface area contributed by atoms with Crippen molar-refractivity contribution >= 4 is 17.3 Å². The number of carboxylic acid groups (broad SMARTS) is 1. The largest absolute Gasteiger partial charge is 0.481 e. The molecule has 0 saturated carbocycles. The normalized spacial score (nSPS) is 12.8. The number of hydrogen-bond donors (Lipinski definition) is 1. The standard InChI is InChI=1S/C7H9NO2S/c1-5(7(9)10)4-6-8-2-3-11-6/h2-3,5H,4H2,1H3,(H,9,10)/t5-/m0/s1. The molecule has 0 radical (unpaired) electrons. The van der Waals surface area contributed by atoms with Crippen molar-refractivity contribution < 1.29 is 9.90 Å². The number of aromatic nitrogens is 1. The lowest BCUT2D eigenvalue weighted by Crippen LogP contribution is -2.11. The molecule has 60 valence electrons. The van der Waals surface area contributed by atoms with Gasteiger partial charge in [0.05, 0.1) is 10.9 Å². The van der Waals surface area contributed by atoms with E-state index in [2.05, 4.69) is 4.98 Å². The van der Waals surface area contributed by atoms with E-state index >= 15 is 0 Å². The number of hydrogen-bond acceptors (Lipinski definition) is 3. The van der Waals surface area contributed by atoms with Crippen LogP contribution in [-0.4, -0.2) is 16.1 Å². The fourth-order valence-corrected chi connectivity index (χ4v) is 1.45. The van der Waals surface area contributed by atoms with Gasteiger partial charge in [-0.1, -0.05) is 6.92 Å². The van der Waals surface area contributed by atoms with Gasteiger partial charge in [-0.25, -0.2) is 4.98 Å². The highest BCUT2D eigenvalue weighted by Crippen LogP contribution is 2.10. The Labute approximate surface area is 68.7 Å². The lowest BCUT2D eigenvalue weighted by atomic mass is 10.1. The maximum atomic E-state index is 10.4. The van der Waals surface area contributed by atoms with Crippen molar-refractivity contribution in [3.8, 4) is 0 Å². The fourth-order valence-electron chi connectivity index (χ4n) is 0.703. The number of thiazole rings is 1. The van der Waals surface area contributed by atoms with E-state index in [1.54, 1.807) is 13.1 Å². The molecule has 4 heteroatoms.